The van der Waals surface area contributed by atoms with Gasteiger partial charge in [-0.15, -0.1) is 5.10 Å². The van der Waals surface area contributed by atoms with Crippen molar-refractivity contribution in [2.24, 2.45) is 0 Å². The smallest absolute Gasteiger partial charge is 0.0669 e. The van der Waals surface area contributed by atoms with E-state index in [0.29, 0.717) is 0 Å². The van der Waals surface area contributed by atoms with Crippen LogP contribution in [0, 0.1) is 0 Å². The lowest BCUT2D eigenvalue weighted by molar-refractivity contribution is 0.593. The molecule has 4 nitrogen and oxygen atoms in total. The summed E-state index contributed by atoms with van der Waals surface area (Å²) in [6.07, 6.45) is 5.66. The minimum Gasteiger partial charge on any atom is -0.312 e. The summed E-state index contributed by atoms with van der Waals surface area (Å²) in [5.41, 5.74) is 2.36. The van der Waals surface area contributed by atoms with Gasteiger partial charge in [-0.3, -0.25) is 4.98 Å². The van der Waals surface area contributed by atoms with E-state index in [1.165, 1.54) is 17.1 Å². The largest absolute Gasteiger partial charge is 0.312 e. The van der Waals surface area contributed by atoms with Crippen molar-refractivity contribution >= 4 is 11.5 Å². The number of nitrogens with one attached hydrogen (secondary N) is 1. The SMILES string of the molecule is CCc1ccc(CC(NC)c2cnns2)nc1. The van der Waals surface area contributed by atoms with E-state index in [-0.39, 0.29) is 6.04 Å². The summed E-state index contributed by atoms with van der Waals surface area (Å²) in [5, 5.41) is 7.14. The second-order valence-corrected chi connectivity index (χ2v) is 4.69. The Morgan fingerprint density at radius 3 is 2.76 bits per heavy atom. The number of hydrogen-bond donors (Lipinski definition) is 1. The molecule has 0 radical (unpaired) electrons. The first-order valence-corrected chi connectivity index (χ1v) is 6.49. The van der Waals surface area contributed by atoms with Crippen LogP contribution in [-0.4, -0.2) is 21.6 Å². The highest BCUT2D eigenvalue weighted by Crippen LogP contribution is 2.19. The Bertz CT molecular complexity index is 438. The fraction of sp³-hybridized carbons (Fsp3) is 0.417. The van der Waals surface area contributed by atoms with Gasteiger partial charge in [0.05, 0.1) is 17.1 Å². The van der Waals surface area contributed by atoms with Crippen molar-refractivity contribution in [3.63, 3.8) is 0 Å². The molecule has 0 amide bonds. The van der Waals surface area contributed by atoms with Crippen LogP contribution in [0.3, 0.4) is 0 Å². The highest BCUT2D eigenvalue weighted by atomic mass is 32.1. The fourth-order valence-electron chi connectivity index (χ4n) is 1.67. The molecular weight excluding hydrogens is 232 g/mol. The topological polar surface area (TPSA) is 50.7 Å². The lowest BCUT2D eigenvalue weighted by atomic mass is 10.1. The Balaban J connectivity index is 2.07. The Morgan fingerprint density at radius 2 is 2.24 bits per heavy atom. The zero-order chi connectivity index (χ0) is 12.1. The number of rotatable bonds is 5. The summed E-state index contributed by atoms with van der Waals surface area (Å²) in [6, 6.07) is 4.48. The third-order valence-corrected chi connectivity index (χ3v) is 3.55. The van der Waals surface area contributed by atoms with Crippen LogP contribution in [0.15, 0.2) is 24.5 Å². The van der Waals surface area contributed by atoms with Gasteiger partial charge in [-0.2, -0.15) is 0 Å². The van der Waals surface area contributed by atoms with Crippen LogP contribution in [0.1, 0.15) is 29.1 Å². The predicted molar refractivity (Wildman–Crippen MR) is 69.0 cm³/mol. The monoisotopic (exact) mass is 248 g/mol. The zero-order valence-corrected chi connectivity index (χ0v) is 10.9. The number of aryl methyl sites for hydroxylation is 1. The molecule has 0 spiro atoms. The van der Waals surface area contributed by atoms with Crippen LogP contribution in [0.2, 0.25) is 0 Å². The molecule has 0 bridgehead atoms. The molecule has 0 saturated heterocycles. The van der Waals surface area contributed by atoms with Crippen LogP contribution >= 0.6 is 11.5 Å². The Labute approximate surface area is 105 Å². The highest BCUT2D eigenvalue weighted by molar-refractivity contribution is 7.05. The molecule has 5 heteroatoms. The van der Waals surface area contributed by atoms with Crippen LogP contribution in [0.4, 0.5) is 0 Å². The summed E-state index contributed by atoms with van der Waals surface area (Å²) in [6.45, 7) is 2.13. The Morgan fingerprint density at radius 1 is 1.35 bits per heavy atom. The number of likely N-dealkylation sites (N-methyl/N-ethyl adjacent to an activating group) is 1. The minimum absolute atomic E-state index is 0.245. The second kappa shape index (κ2) is 5.84. The van der Waals surface area contributed by atoms with E-state index in [0.717, 1.165) is 23.4 Å². The molecule has 0 aliphatic heterocycles. The molecule has 2 aromatic rings. The number of hydrogen-bond acceptors (Lipinski definition) is 5. The van der Waals surface area contributed by atoms with E-state index in [2.05, 4.69) is 38.9 Å². The molecule has 2 heterocycles. The van der Waals surface area contributed by atoms with Crippen molar-refractivity contribution in [1.29, 1.82) is 0 Å². The number of pyridine rings is 1. The Kier molecular flexibility index (Phi) is 4.17. The quantitative estimate of drug-likeness (QED) is 0.879. The van der Waals surface area contributed by atoms with E-state index >= 15 is 0 Å². The van der Waals surface area contributed by atoms with Crippen LogP contribution < -0.4 is 5.32 Å². The van der Waals surface area contributed by atoms with Gasteiger partial charge in [-0.25, -0.2) is 0 Å². The lowest BCUT2D eigenvalue weighted by Crippen LogP contribution is -2.18. The summed E-state index contributed by atoms with van der Waals surface area (Å²) >= 11 is 1.43. The van der Waals surface area contributed by atoms with Gasteiger partial charge in [0.25, 0.3) is 0 Å². The number of nitrogens with zero attached hydrogens (tertiary/aromatic N) is 3. The first kappa shape index (κ1) is 12.1. The molecule has 90 valence electrons. The van der Waals surface area contributed by atoms with Gasteiger partial charge in [0.2, 0.25) is 0 Å². The van der Waals surface area contributed by atoms with Crippen LogP contribution in [0.5, 0.6) is 0 Å². The van der Waals surface area contributed by atoms with Gasteiger partial charge in [0.1, 0.15) is 0 Å². The van der Waals surface area contributed by atoms with Crippen molar-refractivity contribution < 1.29 is 0 Å². The van der Waals surface area contributed by atoms with Gasteiger partial charge in [-0.1, -0.05) is 17.5 Å². The molecule has 0 aromatic carbocycles. The average molecular weight is 248 g/mol. The Hall–Kier alpha value is -1.33. The van der Waals surface area contributed by atoms with Gasteiger partial charge in [-0.05, 0) is 36.6 Å². The van der Waals surface area contributed by atoms with Crippen molar-refractivity contribution in [3.05, 3.63) is 40.7 Å². The third-order valence-electron chi connectivity index (χ3n) is 2.78. The molecule has 0 saturated carbocycles. The summed E-state index contributed by atoms with van der Waals surface area (Å²) in [5.74, 6) is 0. The standard InChI is InChI=1S/C12H16N4S/c1-3-9-4-5-10(14-7-9)6-11(13-2)12-8-15-16-17-12/h4-5,7-8,11,13H,3,6H2,1-2H3. The maximum atomic E-state index is 4.47. The van der Waals surface area contributed by atoms with Crippen LogP contribution in [-0.2, 0) is 12.8 Å². The van der Waals surface area contributed by atoms with E-state index in [4.69, 9.17) is 0 Å². The minimum atomic E-state index is 0.245. The van der Waals surface area contributed by atoms with Crippen molar-refractivity contribution in [3.8, 4) is 0 Å². The van der Waals surface area contributed by atoms with Gasteiger partial charge >= 0.3 is 0 Å². The normalized spacial score (nSPS) is 12.6. The average Bonchev–Trinajstić information content (AvgIpc) is 2.90. The summed E-state index contributed by atoms with van der Waals surface area (Å²) < 4.78 is 3.89. The molecule has 17 heavy (non-hydrogen) atoms. The molecule has 1 unspecified atom stereocenters. The van der Waals surface area contributed by atoms with E-state index < -0.39 is 0 Å². The lowest BCUT2D eigenvalue weighted by Gasteiger charge is -2.12. The molecule has 0 fully saturated rings. The van der Waals surface area contributed by atoms with Gasteiger partial charge in [0.15, 0.2) is 0 Å². The zero-order valence-electron chi connectivity index (χ0n) is 10.1. The second-order valence-electron chi connectivity index (χ2n) is 3.88. The maximum absolute atomic E-state index is 4.47. The molecular formula is C12H16N4S. The fourth-order valence-corrected chi connectivity index (χ4v) is 2.28. The first-order valence-electron chi connectivity index (χ1n) is 5.71. The van der Waals surface area contributed by atoms with Crippen molar-refractivity contribution in [1.82, 2.24) is 19.9 Å². The summed E-state index contributed by atoms with van der Waals surface area (Å²) in [7, 11) is 1.95. The third kappa shape index (κ3) is 3.08. The molecule has 2 rings (SSSR count). The molecule has 0 aliphatic rings. The van der Waals surface area contributed by atoms with E-state index in [1.54, 1.807) is 0 Å². The van der Waals surface area contributed by atoms with E-state index in [1.807, 2.05) is 19.4 Å². The maximum Gasteiger partial charge on any atom is 0.0669 e. The first-order chi connectivity index (χ1) is 8.33. The molecule has 1 atom stereocenters. The van der Waals surface area contributed by atoms with Gasteiger partial charge in [0, 0.05) is 18.3 Å². The predicted octanol–water partition coefficient (Wildman–Crippen LogP) is 2.00. The van der Waals surface area contributed by atoms with Gasteiger partial charge < -0.3 is 5.32 Å². The molecule has 2 aromatic heterocycles. The van der Waals surface area contributed by atoms with E-state index in [9.17, 15) is 0 Å². The van der Waals surface area contributed by atoms with Crippen molar-refractivity contribution in [2.75, 3.05) is 7.05 Å². The summed E-state index contributed by atoms with van der Waals surface area (Å²) in [4.78, 5) is 5.62. The highest BCUT2D eigenvalue weighted by Gasteiger charge is 2.13. The molecule has 1 N–H and O–H groups in total. The van der Waals surface area contributed by atoms with Crippen LogP contribution in [0.25, 0.3) is 0 Å². The molecule has 0 aliphatic carbocycles. The van der Waals surface area contributed by atoms with Crippen molar-refractivity contribution in [2.45, 2.75) is 25.8 Å². The number of aromatic nitrogens is 3.